The maximum absolute atomic E-state index is 5.64. The van der Waals surface area contributed by atoms with Gasteiger partial charge in [-0.2, -0.15) is 5.10 Å². The molecule has 0 bridgehead atoms. The zero-order chi connectivity index (χ0) is 15.1. The summed E-state index contributed by atoms with van der Waals surface area (Å²) in [6, 6.07) is 5.83. The van der Waals surface area contributed by atoms with E-state index in [0.29, 0.717) is 11.8 Å². The van der Waals surface area contributed by atoms with E-state index in [-0.39, 0.29) is 0 Å². The molecular formula is C16H14N4O2. The molecule has 22 heavy (non-hydrogen) atoms. The van der Waals surface area contributed by atoms with E-state index < -0.39 is 0 Å². The SMILES string of the molecule is CCn1cc(-c2coc3ccc(-c4nnc(C)o4)cc23)cn1. The van der Waals surface area contributed by atoms with E-state index in [9.17, 15) is 0 Å². The summed E-state index contributed by atoms with van der Waals surface area (Å²) in [5, 5.41) is 13.3. The van der Waals surface area contributed by atoms with E-state index in [1.807, 2.05) is 35.3 Å². The number of rotatable bonds is 3. The highest BCUT2D eigenvalue weighted by Crippen LogP contribution is 2.33. The Morgan fingerprint density at radius 2 is 2.09 bits per heavy atom. The van der Waals surface area contributed by atoms with Crippen LogP contribution >= 0.6 is 0 Å². The molecule has 0 amide bonds. The zero-order valence-corrected chi connectivity index (χ0v) is 12.3. The van der Waals surface area contributed by atoms with E-state index in [4.69, 9.17) is 8.83 Å². The average molecular weight is 294 g/mol. The molecule has 0 saturated heterocycles. The van der Waals surface area contributed by atoms with Crippen LogP contribution in [0.2, 0.25) is 0 Å². The molecular weight excluding hydrogens is 280 g/mol. The molecule has 4 aromatic rings. The third-order valence-electron chi connectivity index (χ3n) is 3.61. The molecule has 0 N–H and O–H groups in total. The fraction of sp³-hybridized carbons (Fsp3) is 0.188. The molecule has 0 fully saturated rings. The zero-order valence-electron chi connectivity index (χ0n) is 12.3. The Morgan fingerprint density at radius 1 is 1.18 bits per heavy atom. The first-order valence-electron chi connectivity index (χ1n) is 7.09. The van der Waals surface area contributed by atoms with Crippen molar-refractivity contribution < 1.29 is 8.83 Å². The Morgan fingerprint density at radius 3 is 2.82 bits per heavy atom. The molecule has 110 valence electrons. The van der Waals surface area contributed by atoms with Gasteiger partial charge in [0.15, 0.2) is 0 Å². The highest BCUT2D eigenvalue weighted by molar-refractivity contribution is 5.95. The van der Waals surface area contributed by atoms with E-state index in [1.165, 1.54) is 0 Å². The molecule has 0 saturated carbocycles. The van der Waals surface area contributed by atoms with Crippen molar-refractivity contribution in [3.63, 3.8) is 0 Å². The van der Waals surface area contributed by atoms with Gasteiger partial charge in [0.2, 0.25) is 11.8 Å². The Hall–Kier alpha value is -2.89. The van der Waals surface area contributed by atoms with E-state index in [1.54, 1.807) is 13.2 Å². The normalized spacial score (nSPS) is 11.4. The maximum Gasteiger partial charge on any atom is 0.247 e. The minimum atomic E-state index is 0.510. The highest BCUT2D eigenvalue weighted by atomic mass is 16.4. The molecule has 0 spiro atoms. The average Bonchev–Trinajstić information content (AvgIpc) is 3.24. The van der Waals surface area contributed by atoms with Crippen LogP contribution in [0.25, 0.3) is 33.6 Å². The summed E-state index contributed by atoms with van der Waals surface area (Å²) in [6.07, 6.45) is 5.61. The Labute approximate surface area is 126 Å². The Kier molecular flexibility index (Phi) is 2.82. The summed E-state index contributed by atoms with van der Waals surface area (Å²) >= 11 is 0. The number of furan rings is 1. The monoisotopic (exact) mass is 294 g/mol. The van der Waals surface area contributed by atoms with Crippen molar-refractivity contribution in [1.29, 1.82) is 0 Å². The summed E-state index contributed by atoms with van der Waals surface area (Å²) in [5.41, 5.74) is 3.73. The lowest BCUT2D eigenvalue weighted by molar-refractivity contribution is 0.533. The molecule has 0 aliphatic heterocycles. The topological polar surface area (TPSA) is 69.9 Å². The highest BCUT2D eigenvalue weighted by Gasteiger charge is 2.13. The molecule has 3 aromatic heterocycles. The standard InChI is InChI=1S/C16H14N4O2/c1-3-20-8-12(7-17-20)14-9-21-15-5-4-11(6-13(14)15)16-19-18-10(2)22-16/h4-9H,3H2,1-2H3. The first kappa shape index (κ1) is 12.8. The van der Waals surface area contributed by atoms with Gasteiger partial charge in [0.1, 0.15) is 5.58 Å². The lowest BCUT2D eigenvalue weighted by atomic mass is 10.1. The van der Waals surface area contributed by atoms with E-state index >= 15 is 0 Å². The molecule has 0 aliphatic rings. The molecule has 0 radical (unpaired) electrons. The van der Waals surface area contributed by atoms with Gasteiger partial charge in [0.25, 0.3) is 0 Å². The summed E-state index contributed by atoms with van der Waals surface area (Å²) < 4.78 is 13.0. The lowest BCUT2D eigenvalue weighted by Crippen LogP contribution is -1.91. The quantitative estimate of drug-likeness (QED) is 0.576. The smallest absolute Gasteiger partial charge is 0.247 e. The summed E-state index contributed by atoms with van der Waals surface area (Å²) in [6.45, 7) is 4.67. The van der Waals surface area contributed by atoms with Crippen LogP contribution in [-0.4, -0.2) is 20.0 Å². The van der Waals surface area contributed by atoms with Crippen molar-refractivity contribution in [3.05, 3.63) is 42.7 Å². The fourth-order valence-electron chi connectivity index (χ4n) is 2.47. The minimum absolute atomic E-state index is 0.510. The molecule has 3 heterocycles. The second-order valence-electron chi connectivity index (χ2n) is 5.07. The third-order valence-corrected chi connectivity index (χ3v) is 3.61. The molecule has 0 aliphatic carbocycles. The van der Waals surface area contributed by atoms with Crippen LogP contribution in [0.1, 0.15) is 12.8 Å². The van der Waals surface area contributed by atoms with E-state index in [2.05, 4.69) is 22.2 Å². The number of aryl methyl sites for hydroxylation is 2. The van der Waals surface area contributed by atoms with Gasteiger partial charge in [-0.15, -0.1) is 10.2 Å². The van der Waals surface area contributed by atoms with Crippen molar-refractivity contribution in [3.8, 4) is 22.6 Å². The van der Waals surface area contributed by atoms with E-state index in [0.717, 1.165) is 34.2 Å². The predicted octanol–water partition coefficient (Wildman–Crippen LogP) is 3.67. The molecule has 1 aromatic carbocycles. The van der Waals surface area contributed by atoms with Gasteiger partial charge >= 0.3 is 0 Å². The number of hydrogen-bond donors (Lipinski definition) is 0. The second kappa shape index (κ2) is 4.84. The molecule has 0 unspecified atom stereocenters. The van der Waals surface area contributed by atoms with Crippen LogP contribution < -0.4 is 0 Å². The van der Waals surface area contributed by atoms with Crippen molar-refractivity contribution in [1.82, 2.24) is 20.0 Å². The summed E-state index contributed by atoms with van der Waals surface area (Å²) in [7, 11) is 0. The third kappa shape index (κ3) is 2.00. The number of aromatic nitrogens is 4. The van der Waals surface area contributed by atoms with Crippen molar-refractivity contribution in [2.24, 2.45) is 0 Å². The maximum atomic E-state index is 5.64. The number of benzene rings is 1. The first-order valence-corrected chi connectivity index (χ1v) is 7.09. The number of nitrogens with zero attached hydrogens (tertiary/aromatic N) is 4. The van der Waals surface area contributed by atoms with Gasteiger partial charge in [0, 0.05) is 41.7 Å². The fourth-order valence-corrected chi connectivity index (χ4v) is 2.47. The van der Waals surface area contributed by atoms with Crippen molar-refractivity contribution >= 4 is 11.0 Å². The van der Waals surface area contributed by atoms with Crippen molar-refractivity contribution in [2.75, 3.05) is 0 Å². The lowest BCUT2D eigenvalue weighted by Gasteiger charge is -1.97. The number of hydrogen-bond acceptors (Lipinski definition) is 5. The van der Waals surface area contributed by atoms with Gasteiger partial charge in [-0.1, -0.05) is 0 Å². The van der Waals surface area contributed by atoms with Crippen LogP contribution in [0, 0.1) is 6.92 Å². The van der Waals surface area contributed by atoms with Crippen LogP contribution in [0.4, 0.5) is 0 Å². The largest absolute Gasteiger partial charge is 0.464 e. The molecule has 4 rings (SSSR count). The molecule has 6 nitrogen and oxygen atoms in total. The summed E-state index contributed by atoms with van der Waals surface area (Å²) in [4.78, 5) is 0. The molecule has 0 atom stereocenters. The van der Waals surface area contributed by atoms with Gasteiger partial charge in [-0.25, -0.2) is 0 Å². The van der Waals surface area contributed by atoms with Crippen molar-refractivity contribution in [2.45, 2.75) is 20.4 Å². The van der Waals surface area contributed by atoms with Gasteiger partial charge in [-0.3, -0.25) is 4.68 Å². The molecule has 6 heteroatoms. The second-order valence-corrected chi connectivity index (χ2v) is 5.07. The Balaban J connectivity index is 1.86. The first-order chi connectivity index (χ1) is 10.7. The number of fused-ring (bicyclic) bond motifs is 1. The van der Waals surface area contributed by atoms with Gasteiger partial charge in [-0.05, 0) is 25.1 Å². The minimum Gasteiger partial charge on any atom is -0.464 e. The van der Waals surface area contributed by atoms with Crippen LogP contribution in [-0.2, 0) is 6.54 Å². The van der Waals surface area contributed by atoms with Crippen LogP contribution in [0.3, 0.4) is 0 Å². The van der Waals surface area contributed by atoms with Crippen LogP contribution in [0.15, 0.2) is 45.7 Å². The van der Waals surface area contributed by atoms with Gasteiger partial charge in [0.05, 0.1) is 12.5 Å². The van der Waals surface area contributed by atoms with Gasteiger partial charge < -0.3 is 8.83 Å². The predicted molar refractivity (Wildman–Crippen MR) is 81.1 cm³/mol. The summed E-state index contributed by atoms with van der Waals surface area (Å²) in [5.74, 6) is 1.06. The Bertz CT molecular complexity index is 948. The van der Waals surface area contributed by atoms with Crippen LogP contribution in [0.5, 0.6) is 0 Å².